The Morgan fingerprint density at radius 2 is 1.12 bits per heavy atom. The smallest absolute Gasteiger partial charge is 0.374 e. The zero-order chi connectivity index (χ0) is 50.2. The number of benzene rings is 4. The predicted octanol–water partition coefficient (Wildman–Crippen LogP) is 0.295. The SMILES string of the molecule is COC(=O)C(=O)C[C@@H]1C(=O)O[C@H]2[C@@H]3OC(=O)c4cc(O)c(O)c(O)c4-c4c(cc(O)c(O)c4O)C(=O)OC[C@H]2O[C@@H](OC(=O)c2cc(O)c(O)c(O)c2)[C@@H]3OC(=O)c2cc(O)c(O)c3c2[C@H]1C(=O)O3. The van der Waals surface area contributed by atoms with Crippen LogP contribution in [0.2, 0.25) is 0 Å². The van der Waals surface area contributed by atoms with Gasteiger partial charge >= 0.3 is 41.8 Å². The summed E-state index contributed by atoms with van der Waals surface area (Å²) in [6, 6.07) is 2.44. The first-order valence-electron chi connectivity index (χ1n) is 19.4. The number of cyclic esters (lactones) is 1. The first-order chi connectivity index (χ1) is 32.5. The number of ketones is 1. The fourth-order valence-electron chi connectivity index (χ4n) is 7.96. The molecule has 11 N–H and O–H groups in total. The molecule has 8 rings (SSSR count). The first-order valence-corrected chi connectivity index (χ1v) is 19.4. The quantitative estimate of drug-likeness (QED) is 0.0421. The van der Waals surface area contributed by atoms with Gasteiger partial charge in [0.1, 0.15) is 18.6 Å². The zero-order valence-electron chi connectivity index (χ0n) is 34.3. The lowest BCUT2D eigenvalue weighted by atomic mass is 9.81. The topological polar surface area (TPSA) is 433 Å². The van der Waals surface area contributed by atoms with E-state index >= 15 is 0 Å². The summed E-state index contributed by atoms with van der Waals surface area (Å²) in [5.41, 5.74) is -6.90. The van der Waals surface area contributed by atoms with Crippen molar-refractivity contribution in [1.29, 1.82) is 0 Å². The van der Waals surface area contributed by atoms with Crippen molar-refractivity contribution in [1.82, 2.24) is 0 Å². The molecule has 1 saturated heterocycles. The van der Waals surface area contributed by atoms with Crippen LogP contribution in [0, 0.1) is 5.92 Å². The molecule has 0 amide bonds. The molecule has 7 atom stereocenters. The maximum atomic E-state index is 14.7. The minimum Gasteiger partial charge on any atom is -0.504 e. The van der Waals surface area contributed by atoms with E-state index in [1.165, 1.54) is 0 Å². The summed E-state index contributed by atoms with van der Waals surface area (Å²) in [6.07, 6.45) is -13.6. The Bertz CT molecular complexity index is 2970. The van der Waals surface area contributed by atoms with Crippen LogP contribution in [-0.4, -0.2) is 148 Å². The van der Waals surface area contributed by atoms with Crippen molar-refractivity contribution >= 4 is 47.6 Å². The monoisotopic (exact) mass is 966 g/mol. The van der Waals surface area contributed by atoms with Gasteiger partial charge in [-0.15, -0.1) is 0 Å². The molecule has 0 aromatic heterocycles. The zero-order valence-corrected chi connectivity index (χ0v) is 34.3. The van der Waals surface area contributed by atoms with Gasteiger partial charge in [-0.25, -0.2) is 24.0 Å². The maximum Gasteiger partial charge on any atom is 0.374 e. The molecule has 4 bridgehead atoms. The molecule has 4 heterocycles. The van der Waals surface area contributed by atoms with E-state index in [1.54, 1.807) is 0 Å². The molecule has 27 heteroatoms. The lowest BCUT2D eigenvalue weighted by Gasteiger charge is -2.44. The van der Waals surface area contributed by atoms with Gasteiger partial charge in [-0.2, -0.15) is 0 Å². The van der Waals surface area contributed by atoms with Crippen LogP contribution in [-0.2, 0) is 52.3 Å². The van der Waals surface area contributed by atoms with Crippen molar-refractivity contribution in [3.8, 4) is 80.1 Å². The van der Waals surface area contributed by atoms with Crippen LogP contribution in [0.5, 0.6) is 69.0 Å². The highest BCUT2D eigenvalue weighted by molar-refractivity contribution is 6.34. The third kappa shape index (κ3) is 7.56. The first kappa shape index (κ1) is 46.1. The summed E-state index contributed by atoms with van der Waals surface area (Å²) in [6.45, 7) is -1.30. The number of ether oxygens (including phenoxy) is 8. The van der Waals surface area contributed by atoms with Crippen molar-refractivity contribution < 1.29 is 132 Å². The Kier molecular flexibility index (Phi) is 11.2. The Hall–Kier alpha value is -9.40. The number of carbonyl (C=O) groups is 8. The van der Waals surface area contributed by atoms with E-state index in [2.05, 4.69) is 4.74 Å². The van der Waals surface area contributed by atoms with Crippen LogP contribution >= 0.6 is 0 Å². The highest BCUT2D eigenvalue weighted by atomic mass is 16.7. The molecule has 4 aliphatic rings. The molecule has 4 aromatic rings. The number of phenols is 11. The van der Waals surface area contributed by atoms with Crippen LogP contribution in [0.15, 0.2) is 30.3 Å². The van der Waals surface area contributed by atoms with Crippen molar-refractivity contribution in [2.75, 3.05) is 13.7 Å². The molecule has 0 saturated carbocycles. The van der Waals surface area contributed by atoms with Gasteiger partial charge in [0.05, 0.1) is 35.3 Å². The summed E-state index contributed by atoms with van der Waals surface area (Å²) in [7, 11) is 0.780. The number of methoxy groups -OCH3 is 1. The second kappa shape index (κ2) is 16.8. The fourth-order valence-corrected chi connectivity index (χ4v) is 7.96. The highest BCUT2D eigenvalue weighted by Gasteiger charge is 2.58. The van der Waals surface area contributed by atoms with Crippen molar-refractivity contribution in [2.24, 2.45) is 5.92 Å². The van der Waals surface area contributed by atoms with Crippen molar-refractivity contribution in [3.05, 3.63) is 58.1 Å². The largest absolute Gasteiger partial charge is 0.504 e. The summed E-state index contributed by atoms with van der Waals surface area (Å²) in [4.78, 5) is 111. The molecular weight excluding hydrogens is 936 g/mol. The van der Waals surface area contributed by atoms with E-state index in [0.29, 0.717) is 30.3 Å². The minimum absolute atomic E-state index is 0.370. The summed E-state index contributed by atoms with van der Waals surface area (Å²) in [5, 5.41) is 116. The van der Waals surface area contributed by atoms with Gasteiger partial charge in [0.15, 0.2) is 64.0 Å². The Morgan fingerprint density at radius 3 is 1.71 bits per heavy atom. The average molecular weight is 967 g/mol. The second-order valence-corrected chi connectivity index (χ2v) is 15.2. The number of esters is 7. The van der Waals surface area contributed by atoms with Gasteiger partial charge < -0.3 is 94.1 Å². The van der Waals surface area contributed by atoms with Crippen LogP contribution in [0.4, 0.5) is 0 Å². The molecular formula is C42H30O27. The molecule has 27 nitrogen and oxygen atoms in total. The molecule has 0 radical (unpaired) electrons. The lowest BCUT2D eigenvalue weighted by Crippen LogP contribution is -2.63. The fraction of sp³-hybridized carbons (Fsp3) is 0.238. The lowest BCUT2D eigenvalue weighted by molar-refractivity contribution is -0.287. The van der Waals surface area contributed by atoms with Gasteiger partial charge in [-0.3, -0.25) is 14.4 Å². The standard InChI is InChI=1S/C42H30O27/c1-62-40(60)19(48)7-13-24-23-12(6-18(47)28(52)32(23)66-41(24)61)38(58)68-34-33-31(65-39(13)59)20(64-42(34)69-35(55)9-2-14(43)25(49)15(44)3-9)8-63-36(56)10-4-16(45)26(50)29(53)21(10)22-11(37(57)67-33)5-17(46)27(51)30(22)54/h2-6,13,20,24,31,33-34,42-47,49-54H,7-8H2,1H3/t13-,20+,24-,31+,33-,34+,42-/m0/s1. The third-order valence-electron chi connectivity index (χ3n) is 11.2. The molecule has 1 fully saturated rings. The molecule has 4 aromatic carbocycles. The van der Waals surface area contributed by atoms with Crippen LogP contribution in [0.3, 0.4) is 0 Å². The Balaban J connectivity index is 1.38. The number of carbonyl (C=O) groups excluding carboxylic acids is 8. The van der Waals surface area contributed by atoms with Gasteiger partial charge in [0, 0.05) is 23.1 Å². The van der Waals surface area contributed by atoms with Crippen LogP contribution < -0.4 is 4.74 Å². The Labute approximate surface area is 380 Å². The van der Waals surface area contributed by atoms with E-state index in [1.807, 2.05) is 0 Å². The molecule has 4 aliphatic heterocycles. The second-order valence-electron chi connectivity index (χ2n) is 15.2. The van der Waals surface area contributed by atoms with Crippen molar-refractivity contribution in [3.63, 3.8) is 0 Å². The number of rotatable bonds is 5. The van der Waals surface area contributed by atoms with Gasteiger partial charge in [-0.05, 0) is 30.3 Å². The van der Waals surface area contributed by atoms with E-state index in [9.17, 15) is 94.5 Å². The number of hydrogen-bond acceptors (Lipinski definition) is 27. The van der Waals surface area contributed by atoms with E-state index in [0.717, 1.165) is 7.11 Å². The van der Waals surface area contributed by atoms with Crippen LogP contribution in [0.25, 0.3) is 11.1 Å². The molecule has 360 valence electrons. The molecule has 0 unspecified atom stereocenters. The predicted molar refractivity (Wildman–Crippen MR) is 209 cm³/mol. The average Bonchev–Trinajstić information content (AvgIpc) is 3.65. The van der Waals surface area contributed by atoms with Gasteiger partial charge in [-0.1, -0.05) is 0 Å². The molecule has 0 aliphatic carbocycles. The van der Waals surface area contributed by atoms with Gasteiger partial charge in [0.2, 0.25) is 35.4 Å². The maximum absolute atomic E-state index is 14.7. The number of fused-ring (bicyclic) bond motifs is 3. The number of Topliss-reactive ketones (excluding diaryl/α,β-unsaturated/α-hetero) is 1. The molecule has 0 spiro atoms. The number of phenolic OH excluding ortho intramolecular Hbond substituents is 11. The number of aromatic hydroxyl groups is 11. The molecule has 69 heavy (non-hydrogen) atoms. The highest BCUT2D eigenvalue weighted by Crippen LogP contribution is 2.54. The van der Waals surface area contributed by atoms with Crippen molar-refractivity contribution in [2.45, 2.75) is 43.0 Å². The van der Waals surface area contributed by atoms with E-state index < -0.39 is 211 Å². The van der Waals surface area contributed by atoms with Crippen LogP contribution in [0.1, 0.15) is 59.3 Å². The van der Waals surface area contributed by atoms with Gasteiger partial charge in [0.25, 0.3) is 0 Å². The summed E-state index contributed by atoms with van der Waals surface area (Å²) >= 11 is 0. The normalized spacial score (nSPS) is 22.7. The Morgan fingerprint density at radius 1 is 0.594 bits per heavy atom. The number of hydrogen-bond donors (Lipinski definition) is 11. The summed E-state index contributed by atoms with van der Waals surface area (Å²) < 4.78 is 43.6. The van der Waals surface area contributed by atoms with E-state index in [4.69, 9.17) is 33.2 Å². The van der Waals surface area contributed by atoms with E-state index in [-0.39, 0.29) is 0 Å². The third-order valence-corrected chi connectivity index (χ3v) is 11.2. The summed E-state index contributed by atoms with van der Waals surface area (Å²) in [5.74, 6) is -32.6. The minimum atomic E-state index is -2.56.